The number of anilines is 1. The lowest BCUT2D eigenvalue weighted by Gasteiger charge is -2.33. The standard InChI is InChI=1S/C25H29N5O3/c1-15-27-24(26)19-7-8-20(29-25(19)28-15)22-14-30(10-11-33-22)23(31)9-6-18-12-16-4-3-5-17(16)13-21(18)32-2/h7-8,12-13,22H,3-6,9-11,14H2,1-2H3,(H2,26,27,28,29)/t22-/m1/s1. The number of pyridine rings is 1. The van der Waals surface area contributed by atoms with Crippen molar-refractivity contribution < 1.29 is 14.3 Å². The Balaban J connectivity index is 1.27. The fraction of sp³-hybridized carbons (Fsp3) is 0.440. The van der Waals surface area contributed by atoms with Crippen LogP contribution in [0.25, 0.3) is 11.0 Å². The van der Waals surface area contributed by atoms with Gasteiger partial charge in [-0.3, -0.25) is 4.79 Å². The minimum absolute atomic E-state index is 0.119. The number of hydrogen-bond acceptors (Lipinski definition) is 7. The Bertz CT molecular complexity index is 1210. The smallest absolute Gasteiger partial charge is 0.223 e. The number of rotatable bonds is 5. The number of carbonyl (C=O) groups is 1. The largest absolute Gasteiger partial charge is 0.496 e. The molecule has 3 heterocycles. The number of methoxy groups -OCH3 is 1. The Morgan fingerprint density at radius 3 is 2.85 bits per heavy atom. The number of aromatic nitrogens is 3. The maximum Gasteiger partial charge on any atom is 0.223 e. The second kappa shape index (κ2) is 8.94. The minimum atomic E-state index is -0.293. The molecule has 5 rings (SSSR count). The van der Waals surface area contributed by atoms with Crippen LogP contribution in [0.15, 0.2) is 24.3 Å². The van der Waals surface area contributed by atoms with E-state index in [0.29, 0.717) is 49.8 Å². The maximum absolute atomic E-state index is 13.1. The van der Waals surface area contributed by atoms with Crippen molar-refractivity contribution in [2.45, 2.75) is 45.1 Å². The number of benzene rings is 1. The van der Waals surface area contributed by atoms with Gasteiger partial charge in [0.15, 0.2) is 5.65 Å². The highest BCUT2D eigenvalue weighted by atomic mass is 16.5. The van der Waals surface area contributed by atoms with E-state index in [2.05, 4.69) is 27.1 Å². The second-order valence-electron chi connectivity index (χ2n) is 8.75. The molecular weight excluding hydrogens is 418 g/mol. The summed E-state index contributed by atoms with van der Waals surface area (Å²) in [5.74, 6) is 2.00. The summed E-state index contributed by atoms with van der Waals surface area (Å²) < 4.78 is 11.6. The quantitative estimate of drug-likeness (QED) is 0.641. The number of ether oxygens (including phenoxy) is 2. The molecule has 2 N–H and O–H groups in total. The summed E-state index contributed by atoms with van der Waals surface area (Å²) in [4.78, 5) is 28.2. The summed E-state index contributed by atoms with van der Waals surface area (Å²) in [6, 6.07) is 8.13. The highest BCUT2D eigenvalue weighted by molar-refractivity contribution is 5.85. The van der Waals surface area contributed by atoms with E-state index in [9.17, 15) is 4.79 Å². The van der Waals surface area contributed by atoms with Gasteiger partial charge < -0.3 is 20.1 Å². The van der Waals surface area contributed by atoms with Crippen LogP contribution >= 0.6 is 0 Å². The van der Waals surface area contributed by atoms with Crippen molar-refractivity contribution in [2.24, 2.45) is 0 Å². The van der Waals surface area contributed by atoms with Gasteiger partial charge in [-0.25, -0.2) is 15.0 Å². The average Bonchev–Trinajstić information content (AvgIpc) is 3.28. The van der Waals surface area contributed by atoms with E-state index >= 15 is 0 Å². The van der Waals surface area contributed by atoms with Crippen molar-refractivity contribution in [3.05, 3.63) is 52.5 Å². The number of nitrogen functional groups attached to an aromatic ring is 1. The van der Waals surface area contributed by atoms with Crippen molar-refractivity contribution in [1.29, 1.82) is 0 Å². The fourth-order valence-electron chi connectivity index (χ4n) is 4.83. The normalized spacial score (nSPS) is 17.9. The maximum atomic E-state index is 13.1. The first-order chi connectivity index (χ1) is 16.0. The molecule has 172 valence electrons. The molecular formula is C25H29N5O3. The number of nitrogens with two attached hydrogens (primary N) is 1. The molecule has 0 saturated carbocycles. The van der Waals surface area contributed by atoms with Crippen LogP contribution in [0.2, 0.25) is 0 Å². The monoisotopic (exact) mass is 447 g/mol. The molecule has 1 fully saturated rings. The third kappa shape index (κ3) is 4.35. The van der Waals surface area contributed by atoms with Crippen molar-refractivity contribution >= 4 is 22.8 Å². The summed E-state index contributed by atoms with van der Waals surface area (Å²) >= 11 is 0. The van der Waals surface area contributed by atoms with Gasteiger partial charge in [-0.2, -0.15) is 0 Å². The van der Waals surface area contributed by atoms with Crippen LogP contribution in [-0.4, -0.2) is 52.6 Å². The lowest BCUT2D eigenvalue weighted by Crippen LogP contribution is -2.42. The summed E-state index contributed by atoms with van der Waals surface area (Å²) in [6.07, 6.45) is 4.23. The van der Waals surface area contributed by atoms with Gasteiger partial charge in [-0.15, -0.1) is 0 Å². The number of morpholine rings is 1. The first-order valence-electron chi connectivity index (χ1n) is 11.5. The van der Waals surface area contributed by atoms with E-state index in [0.717, 1.165) is 35.2 Å². The summed E-state index contributed by atoms with van der Waals surface area (Å²) in [7, 11) is 1.70. The molecule has 3 aromatic rings. The third-order valence-corrected chi connectivity index (χ3v) is 6.57. The predicted molar refractivity (Wildman–Crippen MR) is 125 cm³/mol. The van der Waals surface area contributed by atoms with Gasteiger partial charge in [0, 0.05) is 13.0 Å². The highest BCUT2D eigenvalue weighted by Gasteiger charge is 2.27. The van der Waals surface area contributed by atoms with Gasteiger partial charge in [0.05, 0.1) is 31.3 Å². The molecule has 1 aliphatic carbocycles. The number of fused-ring (bicyclic) bond motifs is 2. The molecule has 1 amide bonds. The molecule has 1 atom stereocenters. The zero-order valence-electron chi connectivity index (χ0n) is 19.1. The Kier molecular flexibility index (Phi) is 5.85. The number of nitrogens with zero attached hydrogens (tertiary/aromatic N) is 4. The van der Waals surface area contributed by atoms with Crippen molar-refractivity contribution in [3.8, 4) is 5.75 Å². The highest BCUT2D eigenvalue weighted by Crippen LogP contribution is 2.31. The minimum Gasteiger partial charge on any atom is -0.496 e. The Hall–Kier alpha value is -3.26. The zero-order chi connectivity index (χ0) is 22.9. The van der Waals surface area contributed by atoms with E-state index in [4.69, 9.17) is 15.2 Å². The molecule has 8 heteroatoms. The van der Waals surface area contributed by atoms with E-state index < -0.39 is 0 Å². The van der Waals surface area contributed by atoms with Crippen LogP contribution in [0.5, 0.6) is 5.75 Å². The van der Waals surface area contributed by atoms with Gasteiger partial charge >= 0.3 is 0 Å². The number of aryl methyl sites for hydroxylation is 4. The molecule has 8 nitrogen and oxygen atoms in total. The van der Waals surface area contributed by atoms with Crippen LogP contribution < -0.4 is 10.5 Å². The summed E-state index contributed by atoms with van der Waals surface area (Å²) in [5, 5.41) is 0.719. The number of amides is 1. The van der Waals surface area contributed by atoms with Crippen LogP contribution in [0.1, 0.15) is 47.2 Å². The molecule has 0 unspecified atom stereocenters. The predicted octanol–water partition coefficient (Wildman–Crippen LogP) is 2.95. The second-order valence-corrected chi connectivity index (χ2v) is 8.75. The van der Waals surface area contributed by atoms with Crippen LogP contribution in [-0.2, 0) is 28.8 Å². The molecule has 2 aliphatic rings. The lowest BCUT2D eigenvalue weighted by molar-refractivity contribution is -0.139. The van der Waals surface area contributed by atoms with Gasteiger partial charge in [0.2, 0.25) is 5.91 Å². The first kappa shape index (κ1) is 21.6. The molecule has 0 spiro atoms. The molecule has 1 aromatic carbocycles. The van der Waals surface area contributed by atoms with Crippen LogP contribution in [0, 0.1) is 6.92 Å². The van der Waals surface area contributed by atoms with Gasteiger partial charge in [-0.1, -0.05) is 6.07 Å². The molecule has 33 heavy (non-hydrogen) atoms. The first-order valence-corrected chi connectivity index (χ1v) is 11.5. The Morgan fingerprint density at radius 1 is 1.21 bits per heavy atom. The van der Waals surface area contributed by atoms with E-state index in [1.54, 1.807) is 14.0 Å². The third-order valence-electron chi connectivity index (χ3n) is 6.57. The average molecular weight is 448 g/mol. The molecule has 1 aliphatic heterocycles. The van der Waals surface area contributed by atoms with Crippen molar-refractivity contribution in [1.82, 2.24) is 19.9 Å². The Labute approximate surface area is 193 Å². The van der Waals surface area contributed by atoms with Crippen molar-refractivity contribution in [2.75, 3.05) is 32.5 Å². The lowest BCUT2D eigenvalue weighted by atomic mass is 10.0. The van der Waals surface area contributed by atoms with Gasteiger partial charge in [0.25, 0.3) is 0 Å². The topological polar surface area (TPSA) is 103 Å². The summed E-state index contributed by atoms with van der Waals surface area (Å²) in [6.45, 7) is 3.32. The number of hydrogen-bond donors (Lipinski definition) is 1. The SMILES string of the molecule is COc1cc2c(cc1CCC(=O)N1CCO[C@@H](c3ccc4c(N)nc(C)nc4n3)C1)CCC2. The fourth-order valence-corrected chi connectivity index (χ4v) is 4.83. The van der Waals surface area contributed by atoms with E-state index in [1.165, 1.54) is 17.5 Å². The van der Waals surface area contributed by atoms with Crippen LogP contribution in [0.4, 0.5) is 5.82 Å². The van der Waals surface area contributed by atoms with Gasteiger partial charge in [-0.05, 0) is 67.5 Å². The molecule has 1 saturated heterocycles. The summed E-state index contributed by atoms with van der Waals surface area (Å²) in [5.41, 5.74) is 11.2. The Morgan fingerprint density at radius 2 is 2.03 bits per heavy atom. The van der Waals surface area contributed by atoms with E-state index in [1.807, 2.05) is 17.0 Å². The molecule has 2 aromatic heterocycles. The zero-order valence-corrected chi connectivity index (χ0v) is 19.1. The van der Waals surface area contributed by atoms with Crippen molar-refractivity contribution in [3.63, 3.8) is 0 Å². The van der Waals surface area contributed by atoms with Gasteiger partial charge in [0.1, 0.15) is 23.5 Å². The number of carbonyl (C=O) groups excluding carboxylic acids is 1. The molecule has 0 radical (unpaired) electrons. The van der Waals surface area contributed by atoms with Crippen LogP contribution in [0.3, 0.4) is 0 Å². The van der Waals surface area contributed by atoms with E-state index in [-0.39, 0.29) is 12.0 Å². The molecule has 0 bridgehead atoms.